The largest absolute Gasteiger partial charge is 0.489 e. The molecular formula is C23H30N2O4. The van der Waals surface area contributed by atoms with Crippen molar-refractivity contribution in [1.82, 2.24) is 9.55 Å². The molecule has 1 aromatic heterocycles. The summed E-state index contributed by atoms with van der Waals surface area (Å²) in [5.41, 5.74) is 0.971. The summed E-state index contributed by atoms with van der Waals surface area (Å²) >= 11 is 0. The number of carboxylic acid groups (broad SMARTS) is 1. The molecule has 1 aromatic carbocycles. The van der Waals surface area contributed by atoms with Crippen molar-refractivity contribution in [2.45, 2.75) is 59.2 Å². The molecular weight excluding hydrogens is 368 g/mol. The van der Waals surface area contributed by atoms with Crippen LogP contribution in [0.5, 0.6) is 11.5 Å². The highest BCUT2D eigenvalue weighted by Gasteiger charge is 2.37. The van der Waals surface area contributed by atoms with Crippen molar-refractivity contribution in [3.8, 4) is 11.5 Å². The molecule has 2 heterocycles. The number of hydrogen-bond donors (Lipinski definition) is 1. The fourth-order valence-corrected chi connectivity index (χ4v) is 3.67. The van der Waals surface area contributed by atoms with Gasteiger partial charge >= 0.3 is 5.97 Å². The molecule has 2 atom stereocenters. The first-order valence-corrected chi connectivity index (χ1v) is 10.2. The number of hydrogen-bond acceptors (Lipinski definition) is 4. The minimum absolute atomic E-state index is 0.0466. The highest BCUT2D eigenvalue weighted by atomic mass is 16.5. The number of nitrogens with zero attached hydrogens (tertiary/aromatic N) is 2. The van der Waals surface area contributed by atoms with Gasteiger partial charge < -0.3 is 19.1 Å². The monoisotopic (exact) mass is 398 g/mol. The maximum Gasteiger partial charge on any atom is 0.312 e. The van der Waals surface area contributed by atoms with Crippen molar-refractivity contribution in [2.75, 3.05) is 0 Å². The summed E-state index contributed by atoms with van der Waals surface area (Å²) in [5.74, 6) is 1.46. The lowest BCUT2D eigenvalue weighted by Crippen LogP contribution is -2.40. The van der Waals surface area contributed by atoms with Crippen LogP contribution < -0.4 is 9.47 Å². The van der Waals surface area contributed by atoms with Crippen LogP contribution >= 0.6 is 0 Å². The van der Waals surface area contributed by atoms with Gasteiger partial charge in [-0.3, -0.25) is 4.79 Å². The molecule has 1 aliphatic heterocycles. The second-order valence-electron chi connectivity index (χ2n) is 8.10. The lowest BCUT2D eigenvalue weighted by atomic mass is 9.85. The van der Waals surface area contributed by atoms with E-state index >= 15 is 0 Å². The van der Waals surface area contributed by atoms with Crippen molar-refractivity contribution in [2.24, 2.45) is 12.5 Å². The molecule has 1 aliphatic rings. The Hall–Kier alpha value is -2.76. The van der Waals surface area contributed by atoms with Crippen LogP contribution in [0.2, 0.25) is 0 Å². The van der Waals surface area contributed by atoms with Crippen molar-refractivity contribution in [1.29, 1.82) is 0 Å². The number of imidazole rings is 1. The number of ether oxygens (including phenoxy) is 2. The van der Waals surface area contributed by atoms with Gasteiger partial charge in [-0.15, -0.1) is 0 Å². The van der Waals surface area contributed by atoms with E-state index in [2.05, 4.69) is 18.0 Å². The number of carboxylic acids is 1. The quantitative estimate of drug-likeness (QED) is 0.692. The molecule has 156 valence electrons. The van der Waals surface area contributed by atoms with Gasteiger partial charge in [0.2, 0.25) is 0 Å². The van der Waals surface area contributed by atoms with E-state index in [1.807, 2.05) is 42.9 Å². The minimum atomic E-state index is -0.985. The third-order valence-corrected chi connectivity index (χ3v) is 5.54. The van der Waals surface area contributed by atoms with Crippen LogP contribution in [-0.2, 0) is 11.8 Å². The Morgan fingerprint density at radius 1 is 1.38 bits per heavy atom. The van der Waals surface area contributed by atoms with Gasteiger partial charge in [0, 0.05) is 30.6 Å². The highest BCUT2D eigenvalue weighted by molar-refractivity contribution is 5.85. The summed E-state index contributed by atoms with van der Waals surface area (Å²) < 4.78 is 14.4. The van der Waals surface area contributed by atoms with E-state index in [4.69, 9.17) is 9.47 Å². The van der Waals surface area contributed by atoms with E-state index in [9.17, 15) is 9.90 Å². The summed E-state index contributed by atoms with van der Waals surface area (Å²) in [4.78, 5) is 16.1. The van der Waals surface area contributed by atoms with Gasteiger partial charge in [0.25, 0.3) is 0 Å². The SMILES string of the molecule is CCCC1Oc2ccc(OC(CC)C(C)(C)C(=O)O)cc2C=C1c1nccn1C. The Bertz CT molecular complexity index is 913. The number of aryl methyl sites for hydroxylation is 1. The number of rotatable bonds is 8. The molecule has 1 N–H and O–H groups in total. The second-order valence-corrected chi connectivity index (χ2v) is 8.10. The zero-order valence-electron chi connectivity index (χ0n) is 17.8. The molecule has 2 unspecified atom stereocenters. The van der Waals surface area contributed by atoms with E-state index in [0.29, 0.717) is 12.2 Å². The third-order valence-electron chi connectivity index (χ3n) is 5.54. The molecule has 0 aliphatic carbocycles. The first-order chi connectivity index (χ1) is 13.8. The van der Waals surface area contributed by atoms with E-state index in [-0.39, 0.29) is 6.10 Å². The Morgan fingerprint density at radius 3 is 2.72 bits per heavy atom. The average Bonchev–Trinajstić information content (AvgIpc) is 3.11. The lowest BCUT2D eigenvalue weighted by molar-refractivity contribution is -0.152. The highest BCUT2D eigenvalue weighted by Crippen LogP contribution is 2.38. The molecule has 0 radical (unpaired) electrons. The van der Waals surface area contributed by atoms with Gasteiger partial charge in [-0.25, -0.2) is 4.98 Å². The van der Waals surface area contributed by atoms with Crippen molar-refractivity contribution in [3.05, 3.63) is 42.0 Å². The zero-order chi connectivity index (χ0) is 21.2. The summed E-state index contributed by atoms with van der Waals surface area (Å²) in [6.45, 7) is 7.46. The van der Waals surface area contributed by atoms with Crippen molar-refractivity contribution < 1.29 is 19.4 Å². The predicted octanol–water partition coefficient (Wildman–Crippen LogP) is 4.79. The van der Waals surface area contributed by atoms with Crippen LogP contribution in [0.1, 0.15) is 58.3 Å². The zero-order valence-corrected chi connectivity index (χ0v) is 17.8. The molecule has 6 nitrogen and oxygen atoms in total. The first kappa shape index (κ1) is 21.0. The number of aliphatic carboxylic acids is 1. The second kappa shape index (κ2) is 8.31. The maximum atomic E-state index is 11.6. The Labute approximate surface area is 172 Å². The normalized spacial score (nSPS) is 17.1. The molecule has 3 rings (SSSR count). The van der Waals surface area contributed by atoms with E-state index in [1.54, 1.807) is 20.0 Å². The number of fused-ring (bicyclic) bond motifs is 1. The maximum absolute atomic E-state index is 11.6. The molecule has 6 heteroatoms. The molecule has 0 saturated heterocycles. The number of carbonyl (C=O) groups is 1. The molecule has 0 fully saturated rings. The number of benzene rings is 1. The van der Waals surface area contributed by atoms with Crippen LogP contribution in [0.15, 0.2) is 30.6 Å². The van der Waals surface area contributed by atoms with Crippen LogP contribution in [0.25, 0.3) is 11.6 Å². The Balaban J connectivity index is 1.95. The molecule has 0 spiro atoms. The van der Waals surface area contributed by atoms with Crippen LogP contribution in [-0.4, -0.2) is 32.8 Å². The van der Waals surface area contributed by atoms with Gasteiger partial charge in [0.15, 0.2) is 0 Å². The number of aromatic nitrogens is 2. The Morgan fingerprint density at radius 2 is 2.14 bits per heavy atom. The van der Waals surface area contributed by atoms with Gasteiger partial charge in [-0.2, -0.15) is 0 Å². The molecule has 0 bridgehead atoms. The van der Waals surface area contributed by atoms with Gasteiger partial charge in [0.05, 0.1) is 5.41 Å². The molecule has 0 saturated carbocycles. The topological polar surface area (TPSA) is 73.6 Å². The third kappa shape index (κ3) is 4.16. The molecule has 0 amide bonds. The van der Waals surface area contributed by atoms with Gasteiger partial charge in [0.1, 0.15) is 29.5 Å². The predicted molar refractivity (Wildman–Crippen MR) is 113 cm³/mol. The van der Waals surface area contributed by atoms with E-state index in [1.165, 1.54) is 0 Å². The van der Waals surface area contributed by atoms with Crippen molar-refractivity contribution >= 4 is 17.6 Å². The van der Waals surface area contributed by atoms with E-state index < -0.39 is 17.5 Å². The van der Waals surface area contributed by atoms with Gasteiger partial charge in [-0.1, -0.05) is 20.3 Å². The summed E-state index contributed by atoms with van der Waals surface area (Å²) in [6, 6.07) is 5.67. The minimum Gasteiger partial charge on any atom is -0.489 e. The van der Waals surface area contributed by atoms with Crippen LogP contribution in [0, 0.1) is 5.41 Å². The van der Waals surface area contributed by atoms with Gasteiger partial charge in [-0.05, 0) is 51.0 Å². The fraction of sp³-hybridized carbons (Fsp3) is 0.478. The first-order valence-electron chi connectivity index (χ1n) is 10.2. The summed E-state index contributed by atoms with van der Waals surface area (Å²) in [5, 5.41) is 9.54. The standard InChI is InChI=1S/C23H30N2O4/c1-6-8-19-17(21-24-11-12-25(21)5)14-15-13-16(9-10-18(15)29-19)28-20(7-2)23(3,4)22(26)27/h9-14,19-20H,6-8H2,1-5H3,(H,26,27). The lowest BCUT2D eigenvalue weighted by Gasteiger charge is -2.31. The summed E-state index contributed by atoms with van der Waals surface area (Å²) in [7, 11) is 1.97. The van der Waals surface area contributed by atoms with Crippen molar-refractivity contribution in [3.63, 3.8) is 0 Å². The molecule has 2 aromatic rings. The molecule has 29 heavy (non-hydrogen) atoms. The van der Waals surface area contributed by atoms with Crippen LogP contribution in [0.4, 0.5) is 0 Å². The summed E-state index contributed by atoms with van der Waals surface area (Å²) in [6.07, 6.45) is 7.84. The fourth-order valence-electron chi connectivity index (χ4n) is 3.67. The van der Waals surface area contributed by atoms with Crippen LogP contribution in [0.3, 0.4) is 0 Å². The Kier molecular flexibility index (Phi) is 6.01. The average molecular weight is 399 g/mol. The van der Waals surface area contributed by atoms with E-state index in [0.717, 1.165) is 35.6 Å². The smallest absolute Gasteiger partial charge is 0.312 e.